The lowest BCUT2D eigenvalue weighted by atomic mass is 9.85. The van der Waals surface area contributed by atoms with Crippen molar-refractivity contribution >= 4 is 17.6 Å². The van der Waals surface area contributed by atoms with E-state index in [1.807, 2.05) is 0 Å². The maximum Gasteiger partial charge on any atom is 0.416 e. The van der Waals surface area contributed by atoms with Gasteiger partial charge >= 0.3 is 24.5 Å². The number of carbonyl (C=O) groups excluding carboxylic acids is 1. The van der Waals surface area contributed by atoms with Crippen LogP contribution < -0.4 is 5.32 Å². The second-order valence-electron chi connectivity index (χ2n) is 8.59. The summed E-state index contributed by atoms with van der Waals surface area (Å²) in [6, 6.07) is 2.14. The lowest BCUT2D eigenvalue weighted by Crippen LogP contribution is -2.33. The summed E-state index contributed by atoms with van der Waals surface area (Å²) < 4.78 is 125. The molecule has 1 fully saturated rings. The highest BCUT2D eigenvalue weighted by Gasteiger charge is 2.40. The molecule has 3 nitrogen and oxygen atoms in total. The molecule has 0 saturated carbocycles. The molecule has 1 saturated heterocycles. The van der Waals surface area contributed by atoms with Gasteiger partial charge in [-0.1, -0.05) is 11.6 Å². The number of hydrogen-bond acceptors (Lipinski definition) is 3. The molecule has 204 valence electrons. The maximum atomic E-state index is 13.4. The SMILES string of the molecule is CCOC(=O)CC(c1cc(C(F)(F)F)cc(C(F)(F)F)c1)[C@@H]1CC[C@@H](c2cc(C(F)(F)F)ccc2Cl)N1. The molecule has 3 atom stereocenters. The highest BCUT2D eigenvalue weighted by molar-refractivity contribution is 6.31. The van der Waals surface area contributed by atoms with E-state index < -0.39 is 71.2 Å². The van der Waals surface area contributed by atoms with E-state index in [1.165, 1.54) is 6.92 Å². The van der Waals surface area contributed by atoms with Crippen LogP contribution in [0.3, 0.4) is 0 Å². The second-order valence-corrected chi connectivity index (χ2v) is 9.00. The Hall–Kier alpha value is -2.47. The van der Waals surface area contributed by atoms with Crippen LogP contribution in [0.15, 0.2) is 36.4 Å². The van der Waals surface area contributed by atoms with Gasteiger partial charge in [0.05, 0.1) is 29.7 Å². The van der Waals surface area contributed by atoms with Gasteiger partial charge in [-0.3, -0.25) is 4.79 Å². The van der Waals surface area contributed by atoms with E-state index in [1.54, 1.807) is 0 Å². The Kier molecular flexibility index (Phi) is 8.43. The Labute approximate surface area is 210 Å². The molecular formula is C24H21ClF9NO2. The van der Waals surface area contributed by atoms with Crippen LogP contribution in [0.2, 0.25) is 5.02 Å². The fraction of sp³-hybridized carbons (Fsp3) is 0.458. The first-order valence-corrected chi connectivity index (χ1v) is 11.5. The number of carbonyl (C=O) groups is 1. The molecule has 2 aromatic carbocycles. The number of hydrogen-bond donors (Lipinski definition) is 1. The topological polar surface area (TPSA) is 38.3 Å². The molecule has 2 aromatic rings. The second kappa shape index (κ2) is 10.7. The van der Waals surface area contributed by atoms with Crippen LogP contribution in [-0.4, -0.2) is 18.6 Å². The number of ether oxygens (including phenoxy) is 1. The summed E-state index contributed by atoms with van der Waals surface area (Å²) in [5.41, 5.74) is -4.37. The zero-order valence-corrected chi connectivity index (χ0v) is 19.9. The van der Waals surface area contributed by atoms with Gasteiger partial charge < -0.3 is 10.1 Å². The Morgan fingerprint density at radius 3 is 2.00 bits per heavy atom. The van der Waals surface area contributed by atoms with Crippen molar-refractivity contribution in [2.45, 2.75) is 62.7 Å². The standard InChI is InChI=1S/C24H21ClF9NO2/c1-2-37-21(36)11-16(12-7-14(23(29,30)31)9-15(8-12)24(32,33)34)19-5-6-20(35-19)17-10-13(22(26,27)28)3-4-18(17)25/h3-4,7-10,16,19-20,35H,2,5-6,11H2,1H3/t16?,19-,20-/m0/s1. The molecule has 1 aliphatic rings. The zero-order chi connectivity index (χ0) is 27.8. The Morgan fingerprint density at radius 2 is 1.49 bits per heavy atom. The monoisotopic (exact) mass is 561 g/mol. The van der Waals surface area contributed by atoms with Crippen LogP contribution in [0.1, 0.15) is 66.0 Å². The Bertz CT molecular complexity index is 1100. The summed E-state index contributed by atoms with van der Waals surface area (Å²) in [7, 11) is 0. The molecule has 1 aliphatic heterocycles. The molecule has 0 bridgehead atoms. The van der Waals surface area contributed by atoms with Crippen LogP contribution in [0.4, 0.5) is 39.5 Å². The van der Waals surface area contributed by atoms with Crippen molar-refractivity contribution in [3.63, 3.8) is 0 Å². The summed E-state index contributed by atoms with van der Waals surface area (Å²) in [6.07, 6.45) is -15.1. The normalized spacial score (nSPS) is 19.6. The molecule has 0 aliphatic carbocycles. The molecule has 3 rings (SSSR count). The largest absolute Gasteiger partial charge is 0.466 e. The zero-order valence-electron chi connectivity index (χ0n) is 19.1. The van der Waals surface area contributed by atoms with Gasteiger partial charge in [-0.05, 0) is 67.3 Å². The molecule has 0 radical (unpaired) electrons. The van der Waals surface area contributed by atoms with Crippen molar-refractivity contribution in [1.82, 2.24) is 5.32 Å². The molecular weight excluding hydrogens is 541 g/mol. The van der Waals surface area contributed by atoms with E-state index in [0.29, 0.717) is 12.1 Å². The highest BCUT2D eigenvalue weighted by atomic mass is 35.5. The lowest BCUT2D eigenvalue weighted by Gasteiger charge is -2.27. The first kappa shape index (κ1) is 29.1. The Balaban J connectivity index is 2.02. The van der Waals surface area contributed by atoms with Gasteiger partial charge in [0, 0.05) is 23.0 Å². The third-order valence-electron chi connectivity index (χ3n) is 6.10. The van der Waals surface area contributed by atoms with Crippen molar-refractivity contribution < 1.29 is 49.0 Å². The van der Waals surface area contributed by atoms with Crippen molar-refractivity contribution in [3.05, 3.63) is 69.2 Å². The number of alkyl halides is 9. The van der Waals surface area contributed by atoms with Gasteiger partial charge in [-0.25, -0.2) is 0 Å². The van der Waals surface area contributed by atoms with Crippen LogP contribution >= 0.6 is 11.6 Å². The van der Waals surface area contributed by atoms with E-state index in [2.05, 4.69) is 5.32 Å². The minimum atomic E-state index is -5.10. The summed E-state index contributed by atoms with van der Waals surface area (Å²) in [5.74, 6) is -2.04. The van der Waals surface area contributed by atoms with E-state index in [0.717, 1.165) is 18.2 Å². The van der Waals surface area contributed by atoms with E-state index in [9.17, 15) is 44.3 Å². The molecule has 1 heterocycles. The summed E-state index contributed by atoms with van der Waals surface area (Å²) in [6.45, 7) is 1.42. The van der Waals surface area contributed by atoms with Crippen molar-refractivity contribution in [2.24, 2.45) is 0 Å². The quantitative estimate of drug-likeness (QED) is 0.288. The van der Waals surface area contributed by atoms with E-state index in [4.69, 9.17) is 16.3 Å². The van der Waals surface area contributed by atoms with Crippen molar-refractivity contribution in [3.8, 4) is 0 Å². The molecule has 1 unspecified atom stereocenters. The van der Waals surface area contributed by atoms with Crippen molar-refractivity contribution in [2.75, 3.05) is 6.61 Å². The Morgan fingerprint density at radius 1 is 0.919 bits per heavy atom. The number of nitrogens with one attached hydrogen (secondary N) is 1. The van der Waals surface area contributed by atoms with Gasteiger partial charge in [-0.15, -0.1) is 0 Å². The fourth-order valence-electron chi connectivity index (χ4n) is 4.41. The molecule has 0 spiro atoms. The highest BCUT2D eigenvalue weighted by Crippen LogP contribution is 2.43. The van der Waals surface area contributed by atoms with Gasteiger partial charge in [0.25, 0.3) is 0 Å². The summed E-state index contributed by atoms with van der Waals surface area (Å²) in [5, 5.41) is 2.97. The fourth-order valence-corrected chi connectivity index (χ4v) is 4.66. The smallest absolute Gasteiger partial charge is 0.416 e. The van der Waals surface area contributed by atoms with Gasteiger partial charge in [0.15, 0.2) is 0 Å². The van der Waals surface area contributed by atoms with Crippen LogP contribution in [0.5, 0.6) is 0 Å². The third-order valence-corrected chi connectivity index (χ3v) is 6.44. The number of halogens is 10. The maximum absolute atomic E-state index is 13.4. The third kappa shape index (κ3) is 7.10. The number of rotatable bonds is 6. The van der Waals surface area contributed by atoms with Crippen LogP contribution in [0.25, 0.3) is 0 Å². The van der Waals surface area contributed by atoms with E-state index >= 15 is 0 Å². The predicted octanol–water partition coefficient (Wildman–Crippen LogP) is 7.93. The van der Waals surface area contributed by atoms with Gasteiger partial charge in [-0.2, -0.15) is 39.5 Å². The predicted molar refractivity (Wildman–Crippen MR) is 116 cm³/mol. The molecule has 1 N–H and O–H groups in total. The van der Waals surface area contributed by atoms with Gasteiger partial charge in [0.1, 0.15) is 0 Å². The average Bonchev–Trinajstić information content (AvgIpc) is 3.25. The molecule has 0 amide bonds. The lowest BCUT2D eigenvalue weighted by molar-refractivity contribution is -0.144. The van der Waals surface area contributed by atoms with Crippen LogP contribution in [0, 0.1) is 0 Å². The van der Waals surface area contributed by atoms with Crippen molar-refractivity contribution in [1.29, 1.82) is 0 Å². The molecule has 0 aromatic heterocycles. The molecule has 13 heteroatoms. The average molecular weight is 562 g/mol. The number of esters is 1. The minimum Gasteiger partial charge on any atom is -0.466 e. The van der Waals surface area contributed by atoms with E-state index in [-0.39, 0.29) is 36.1 Å². The van der Waals surface area contributed by atoms with Crippen LogP contribution in [-0.2, 0) is 28.1 Å². The minimum absolute atomic E-state index is 0.00604. The molecule has 37 heavy (non-hydrogen) atoms. The summed E-state index contributed by atoms with van der Waals surface area (Å²) in [4.78, 5) is 12.3. The van der Waals surface area contributed by atoms with Gasteiger partial charge in [0.2, 0.25) is 0 Å². The number of benzene rings is 2. The first-order chi connectivity index (χ1) is 17.0. The first-order valence-electron chi connectivity index (χ1n) is 11.1. The summed E-state index contributed by atoms with van der Waals surface area (Å²) >= 11 is 6.11.